The van der Waals surface area contributed by atoms with Gasteiger partial charge in [-0.2, -0.15) is 0 Å². The summed E-state index contributed by atoms with van der Waals surface area (Å²) in [6.45, 7) is 0. The Morgan fingerprint density at radius 1 is 0.429 bits per heavy atom. The smallest absolute Gasteiger partial charge is 0.0217 e. The first kappa shape index (κ1) is 21.2. The maximum atomic E-state index is 2.35. The Morgan fingerprint density at radius 2 is 0.750 bits per heavy atom. The van der Waals surface area contributed by atoms with Gasteiger partial charge in [0.15, 0.2) is 0 Å². The molecule has 0 bridgehead atoms. The molecule has 152 valence electrons. The molecule has 2 aromatic carbocycles. The molecule has 1 aliphatic carbocycles. The van der Waals surface area contributed by atoms with Crippen LogP contribution in [-0.2, 0) is 12.8 Å². The van der Waals surface area contributed by atoms with Crippen molar-refractivity contribution >= 4 is 0 Å². The van der Waals surface area contributed by atoms with Crippen LogP contribution in [0.2, 0.25) is 0 Å². The zero-order chi connectivity index (χ0) is 19.3. The minimum Gasteiger partial charge on any atom is -0.0622 e. The van der Waals surface area contributed by atoms with E-state index in [4.69, 9.17) is 0 Å². The number of hydrogen-bond donors (Lipinski definition) is 0. The van der Waals surface area contributed by atoms with Crippen molar-refractivity contribution in [2.75, 3.05) is 0 Å². The largest absolute Gasteiger partial charge is 0.0622 e. The van der Waals surface area contributed by atoms with Crippen molar-refractivity contribution < 1.29 is 0 Å². The first-order valence-corrected chi connectivity index (χ1v) is 11.9. The van der Waals surface area contributed by atoms with Crippen LogP contribution in [0.25, 0.3) is 0 Å². The molecule has 2 aromatic rings. The standard InChI is InChI=1S/C28H40/c1-2-4-6-8-16-22-28(23-17-9-7-5-3-1,24-26-18-12-10-13-19-26)25-27-20-14-11-15-21-27/h10-15,18-21H,1-9,16-17,22-25H2. The van der Waals surface area contributed by atoms with Crippen LogP contribution >= 0.6 is 0 Å². The highest BCUT2D eigenvalue weighted by atomic mass is 14.3. The molecular formula is C28H40. The van der Waals surface area contributed by atoms with E-state index in [0.717, 1.165) is 0 Å². The normalized spacial score (nSPS) is 19.6. The summed E-state index contributed by atoms with van der Waals surface area (Å²) in [4.78, 5) is 0. The first-order valence-electron chi connectivity index (χ1n) is 11.9. The second kappa shape index (κ2) is 12.1. The van der Waals surface area contributed by atoms with E-state index in [1.54, 1.807) is 0 Å². The zero-order valence-corrected chi connectivity index (χ0v) is 17.9. The van der Waals surface area contributed by atoms with Gasteiger partial charge in [0, 0.05) is 0 Å². The van der Waals surface area contributed by atoms with Gasteiger partial charge in [-0.15, -0.1) is 0 Å². The highest BCUT2D eigenvalue weighted by Crippen LogP contribution is 2.39. The van der Waals surface area contributed by atoms with Gasteiger partial charge < -0.3 is 0 Å². The maximum Gasteiger partial charge on any atom is -0.0217 e. The molecule has 0 nitrogen and oxygen atoms in total. The zero-order valence-electron chi connectivity index (χ0n) is 17.9. The summed E-state index contributed by atoms with van der Waals surface area (Å²) < 4.78 is 0. The molecule has 3 rings (SSSR count). The Bertz CT molecular complexity index is 570. The molecule has 28 heavy (non-hydrogen) atoms. The Labute approximate surface area is 173 Å². The summed E-state index contributed by atoms with van der Waals surface area (Å²) in [5, 5.41) is 0. The second-order valence-corrected chi connectivity index (χ2v) is 9.21. The number of rotatable bonds is 4. The molecule has 0 N–H and O–H groups in total. The first-order chi connectivity index (χ1) is 13.9. The van der Waals surface area contributed by atoms with E-state index < -0.39 is 0 Å². The number of hydrogen-bond acceptors (Lipinski definition) is 0. The van der Waals surface area contributed by atoms with Gasteiger partial charge in [0.05, 0.1) is 0 Å². The van der Waals surface area contributed by atoms with Gasteiger partial charge in [0.25, 0.3) is 0 Å². The van der Waals surface area contributed by atoms with Gasteiger partial charge in [0.2, 0.25) is 0 Å². The molecule has 0 amide bonds. The highest BCUT2D eigenvalue weighted by molar-refractivity contribution is 5.21. The minimum atomic E-state index is 0.423. The minimum absolute atomic E-state index is 0.423. The molecule has 1 saturated carbocycles. The van der Waals surface area contributed by atoms with Crippen molar-refractivity contribution in [3.05, 3.63) is 71.8 Å². The monoisotopic (exact) mass is 376 g/mol. The van der Waals surface area contributed by atoms with E-state index in [0.29, 0.717) is 5.41 Å². The summed E-state index contributed by atoms with van der Waals surface area (Å²) in [5.74, 6) is 0. The summed E-state index contributed by atoms with van der Waals surface area (Å²) in [7, 11) is 0. The molecule has 0 saturated heterocycles. The van der Waals surface area contributed by atoms with Crippen molar-refractivity contribution in [3.63, 3.8) is 0 Å². The van der Waals surface area contributed by atoms with Gasteiger partial charge in [-0.1, -0.05) is 131 Å². The average molecular weight is 377 g/mol. The Hall–Kier alpha value is -1.56. The average Bonchev–Trinajstić information content (AvgIpc) is 2.73. The Kier molecular flexibility index (Phi) is 9.14. The van der Waals surface area contributed by atoms with Gasteiger partial charge in [0.1, 0.15) is 0 Å². The molecule has 0 atom stereocenters. The topological polar surface area (TPSA) is 0 Å². The highest BCUT2D eigenvalue weighted by Gasteiger charge is 2.30. The van der Waals surface area contributed by atoms with Gasteiger partial charge in [-0.05, 0) is 42.2 Å². The molecule has 0 unspecified atom stereocenters. The lowest BCUT2D eigenvalue weighted by Gasteiger charge is -2.35. The van der Waals surface area contributed by atoms with Crippen molar-refractivity contribution in [1.82, 2.24) is 0 Å². The molecule has 0 heterocycles. The van der Waals surface area contributed by atoms with Crippen LogP contribution in [0.1, 0.15) is 94.6 Å². The maximum absolute atomic E-state index is 2.35. The fourth-order valence-corrected chi connectivity index (χ4v) is 5.19. The lowest BCUT2D eigenvalue weighted by molar-refractivity contribution is 0.216. The molecule has 1 fully saturated rings. The summed E-state index contributed by atoms with van der Waals surface area (Å²) >= 11 is 0. The van der Waals surface area contributed by atoms with E-state index in [2.05, 4.69) is 60.7 Å². The van der Waals surface area contributed by atoms with Crippen LogP contribution in [0, 0.1) is 5.41 Å². The van der Waals surface area contributed by atoms with Crippen LogP contribution < -0.4 is 0 Å². The van der Waals surface area contributed by atoms with Crippen LogP contribution in [0.3, 0.4) is 0 Å². The quantitative estimate of drug-likeness (QED) is 0.501. The lowest BCUT2D eigenvalue weighted by Crippen LogP contribution is -2.27. The van der Waals surface area contributed by atoms with Crippen LogP contribution in [0.4, 0.5) is 0 Å². The van der Waals surface area contributed by atoms with Crippen LogP contribution in [0.15, 0.2) is 60.7 Å². The fraction of sp³-hybridized carbons (Fsp3) is 0.571. The van der Waals surface area contributed by atoms with Crippen molar-refractivity contribution in [1.29, 1.82) is 0 Å². The van der Waals surface area contributed by atoms with E-state index in [9.17, 15) is 0 Å². The fourth-order valence-electron chi connectivity index (χ4n) is 5.19. The lowest BCUT2D eigenvalue weighted by atomic mass is 9.69. The van der Waals surface area contributed by atoms with Crippen molar-refractivity contribution in [2.45, 2.75) is 96.3 Å². The molecule has 0 spiro atoms. The van der Waals surface area contributed by atoms with E-state index in [-0.39, 0.29) is 0 Å². The van der Waals surface area contributed by atoms with Crippen molar-refractivity contribution in [3.8, 4) is 0 Å². The van der Waals surface area contributed by atoms with Crippen LogP contribution in [-0.4, -0.2) is 0 Å². The summed E-state index contributed by atoms with van der Waals surface area (Å²) in [6, 6.07) is 22.6. The SMILES string of the molecule is c1ccc(CC2(Cc3ccccc3)CCCCCCCCCCCCC2)cc1. The Balaban J connectivity index is 1.76. The Morgan fingerprint density at radius 3 is 1.11 bits per heavy atom. The third kappa shape index (κ3) is 7.46. The molecule has 0 radical (unpaired) electrons. The molecular weight excluding hydrogens is 336 g/mol. The van der Waals surface area contributed by atoms with Gasteiger partial charge in [-0.25, -0.2) is 0 Å². The summed E-state index contributed by atoms with van der Waals surface area (Å²) in [5.41, 5.74) is 3.48. The van der Waals surface area contributed by atoms with Crippen LogP contribution in [0.5, 0.6) is 0 Å². The van der Waals surface area contributed by atoms with E-state index >= 15 is 0 Å². The third-order valence-electron chi connectivity index (χ3n) is 6.76. The predicted molar refractivity (Wildman–Crippen MR) is 123 cm³/mol. The predicted octanol–water partition coefficient (Wildman–Crippen LogP) is 8.54. The van der Waals surface area contributed by atoms with Gasteiger partial charge in [-0.3, -0.25) is 0 Å². The van der Waals surface area contributed by atoms with E-state index in [1.807, 2.05) is 0 Å². The number of benzene rings is 2. The second-order valence-electron chi connectivity index (χ2n) is 9.21. The molecule has 1 aliphatic rings. The van der Waals surface area contributed by atoms with E-state index in [1.165, 1.54) is 107 Å². The third-order valence-corrected chi connectivity index (χ3v) is 6.76. The van der Waals surface area contributed by atoms with Gasteiger partial charge >= 0.3 is 0 Å². The molecule has 0 aliphatic heterocycles. The van der Waals surface area contributed by atoms with Crippen molar-refractivity contribution in [2.24, 2.45) is 5.41 Å². The molecule has 0 aromatic heterocycles. The summed E-state index contributed by atoms with van der Waals surface area (Å²) in [6.07, 6.45) is 21.0. The molecule has 0 heteroatoms.